The van der Waals surface area contributed by atoms with E-state index in [4.69, 9.17) is 14.2 Å². The molecule has 0 radical (unpaired) electrons. The second-order valence-corrected chi connectivity index (χ2v) is 5.43. The molecule has 0 saturated heterocycles. The summed E-state index contributed by atoms with van der Waals surface area (Å²) in [4.78, 5) is 23.3. The maximum atomic E-state index is 11.7. The predicted octanol–water partition coefficient (Wildman–Crippen LogP) is 1.88. The van der Waals surface area contributed by atoms with Gasteiger partial charge < -0.3 is 19.5 Å². The monoisotopic (exact) mass is 323 g/mol. The first-order chi connectivity index (χ1) is 10.9. The lowest BCUT2D eigenvalue weighted by atomic mass is 10.0. The van der Waals surface area contributed by atoms with Crippen molar-refractivity contribution in [1.29, 1.82) is 0 Å². The molecule has 0 fully saturated rings. The third kappa shape index (κ3) is 7.15. The van der Waals surface area contributed by atoms with Gasteiger partial charge in [-0.1, -0.05) is 26.0 Å². The first-order valence-corrected chi connectivity index (χ1v) is 7.63. The minimum atomic E-state index is -0.869. The number of esters is 1. The number of rotatable bonds is 9. The van der Waals surface area contributed by atoms with E-state index < -0.39 is 12.1 Å². The van der Waals surface area contributed by atoms with Crippen LogP contribution < -0.4 is 10.1 Å². The van der Waals surface area contributed by atoms with Crippen LogP contribution in [0.15, 0.2) is 24.3 Å². The standard InChI is InChI=1S/C17H25NO5/c1-12(2)14-5-7-15(8-6-14)22-11-16(19)23-13(3)17(20)18-9-10-21-4/h5-8,12-13H,9-11H2,1-4H3,(H,18,20)/t13-/m1/s1. The van der Waals surface area contributed by atoms with Gasteiger partial charge in [0.25, 0.3) is 5.91 Å². The minimum Gasteiger partial charge on any atom is -0.482 e. The summed E-state index contributed by atoms with van der Waals surface area (Å²) in [5.74, 6) is 0.0686. The van der Waals surface area contributed by atoms with E-state index in [1.807, 2.05) is 24.3 Å². The summed E-state index contributed by atoms with van der Waals surface area (Å²) in [6.45, 7) is 6.25. The zero-order valence-electron chi connectivity index (χ0n) is 14.1. The Labute approximate surface area is 137 Å². The van der Waals surface area contributed by atoms with Gasteiger partial charge in [0.05, 0.1) is 6.61 Å². The topological polar surface area (TPSA) is 73.9 Å². The Kier molecular flexibility index (Phi) is 8.11. The highest BCUT2D eigenvalue weighted by molar-refractivity contribution is 5.83. The van der Waals surface area contributed by atoms with Gasteiger partial charge in [-0.3, -0.25) is 4.79 Å². The highest BCUT2D eigenvalue weighted by Crippen LogP contribution is 2.18. The summed E-state index contributed by atoms with van der Waals surface area (Å²) in [6, 6.07) is 7.53. The van der Waals surface area contributed by atoms with Gasteiger partial charge in [-0.25, -0.2) is 4.79 Å². The number of carbonyl (C=O) groups excluding carboxylic acids is 2. The maximum Gasteiger partial charge on any atom is 0.344 e. The van der Waals surface area contributed by atoms with Crippen molar-refractivity contribution in [2.75, 3.05) is 26.9 Å². The Hall–Kier alpha value is -2.08. The lowest BCUT2D eigenvalue weighted by Gasteiger charge is -2.14. The van der Waals surface area contributed by atoms with Crippen LogP contribution in [0.25, 0.3) is 0 Å². The minimum absolute atomic E-state index is 0.239. The molecular weight excluding hydrogens is 298 g/mol. The van der Waals surface area contributed by atoms with E-state index in [2.05, 4.69) is 19.2 Å². The van der Waals surface area contributed by atoms with Gasteiger partial charge in [0, 0.05) is 13.7 Å². The van der Waals surface area contributed by atoms with Gasteiger partial charge in [0.15, 0.2) is 12.7 Å². The Morgan fingerprint density at radius 3 is 2.35 bits per heavy atom. The van der Waals surface area contributed by atoms with Crippen LogP contribution in [0.3, 0.4) is 0 Å². The third-order valence-corrected chi connectivity index (χ3v) is 3.19. The molecule has 6 nitrogen and oxygen atoms in total. The first-order valence-electron chi connectivity index (χ1n) is 7.63. The maximum absolute atomic E-state index is 11.7. The lowest BCUT2D eigenvalue weighted by molar-refractivity contribution is -0.156. The normalized spacial score (nSPS) is 11.9. The van der Waals surface area contributed by atoms with Crippen LogP contribution in [0.4, 0.5) is 0 Å². The summed E-state index contributed by atoms with van der Waals surface area (Å²) in [5.41, 5.74) is 1.20. The Balaban J connectivity index is 2.34. The van der Waals surface area contributed by atoms with Crippen molar-refractivity contribution in [2.24, 2.45) is 0 Å². The van der Waals surface area contributed by atoms with Crippen LogP contribution in [-0.2, 0) is 19.1 Å². The van der Waals surface area contributed by atoms with Gasteiger partial charge >= 0.3 is 5.97 Å². The molecule has 0 spiro atoms. The zero-order chi connectivity index (χ0) is 17.2. The molecule has 0 bridgehead atoms. The fourth-order valence-electron chi connectivity index (χ4n) is 1.80. The summed E-state index contributed by atoms with van der Waals surface area (Å²) in [7, 11) is 1.54. The fraction of sp³-hybridized carbons (Fsp3) is 0.529. The molecule has 6 heteroatoms. The molecule has 1 amide bonds. The van der Waals surface area contributed by atoms with Crippen LogP contribution in [0.5, 0.6) is 5.75 Å². The predicted molar refractivity (Wildman–Crippen MR) is 86.5 cm³/mol. The molecule has 1 atom stereocenters. The molecule has 128 valence electrons. The molecule has 0 aliphatic carbocycles. The highest BCUT2D eigenvalue weighted by Gasteiger charge is 2.17. The largest absolute Gasteiger partial charge is 0.482 e. The average molecular weight is 323 g/mol. The van der Waals surface area contributed by atoms with E-state index in [0.717, 1.165) is 0 Å². The van der Waals surface area contributed by atoms with E-state index in [0.29, 0.717) is 24.8 Å². The molecule has 0 aliphatic heterocycles. The lowest BCUT2D eigenvalue weighted by Crippen LogP contribution is -2.38. The number of methoxy groups -OCH3 is 1. The Bertz CT molecular complexity index is 498. The average Bonchev–Trinajstić information content (AvgIpc) is 2.53. The molecule has 0 aliphatic rings. The van der Waals surface area contributed by atoms with E-state index in [1.54, 1.807) is 7.11 Å². The number of hydrogen-bond acceptors (Lipinski definition) is 5. The summed E-state index contributed by atoms with van der Waals surface area (Å²) in [6.07, 6.45) is -0.869. The second kappa shape index (κ2) is 9.84. The summed E-state index contributed by atoms with van der Waals surface area (Å²) < 4.78 is 15.2. The third-order valence-electron chi connectivity index (χ3n) is 3.19. The SMILES string of the molecule is COCCNC(=O)[C@@H](C)OC(=O)COc1ccc(C(C)C)cc1. The molecule has 1 rings (SSSR count). The number of ether oxygens (including phenoxy) is 3. The van der Waals surface area contributed by atoms with Gasteiger partial charge in [-0.2, -0.15) is 0 Å². The molecular formula is C17H25NO5. The van der Waals surface area contributed by atoms with Crippen molar-refractivity contribution in [1.82, 2.24) is 5.32 Å². The number of benzene rings is 1. The zero-order valence-corrected chi connectivity index (χ0v) is 14.1. The number of nitrogens with one attached hydrogen (secondary N) is 1. The van der Waals surface area contributed by atoms with Crippen LogP contribution in [0.2, 0.25) is 0 Å². The van der Waals surface area contributed by atoms with Crippen molar-refractivity contribution in [2.45, 2.75) is 32.8 Å². The molecule has 0 aromatic heterocycles. The quantitative estimate of drug-likeness (QED) is 0.555. The fourth-order valence-corrected chi connectivity index (χ4v) is 1.80. The summed E-state index contributed by atoms with van der Waals surface area (Å²) in [5, 5.41) is 2.60. The van der Waals surface area contributed by atoms with Gasteiger partial charge in [0.1, 0.15) is 5.75 Å². The molecule has 0 heterocycles. The van der Waals surface area contributed by atoms with E-state index >= 15 is 0 Å². The molecule has 1 aromatic carbocycles. The van der Waals surface area contributed by atoms with Gasteiger partial charge in [-0.15, -0.1) is 0 Å². The van der Waals surface area contributed by atoms with Crippen molar-refractivity contribution >= 4 is 11.9 Å². The van der Waals surface area contributed by atoms with Crippen molar-refractivity contribution < 1.29 is 23.8 Å². The number of amides is 1. The number of carbonyl (C=O) groups is 2. The van der Waals surface area contributed by atoms with Crippen molar-refractivity contribution in [3.05, 3.63) is 29.8 Å². The molecule has 23 heavy (non-hydrogen) atoms. The molecule has 1 N–H and O–H groups in total. The van der Waals surface area contributed by atoms with Gasteiger partial charge in [0.2, 0.25) is 0 Å². The van der Waals surface area contributed by atoms with E-state index in [9.17, 15) is 9.59 Å². The highest BCUT2D eigenvalue weighted by atomic mass is 16.6. The van der Waals surface area contributed by atoms with Gasteiger partial charge in [-0.05, 0) is 30.5 Å². The molecule has 1 aromatic rings. The Morgan fingerprint density at radius 2 is 1.78 bits per heavy atom. The van der Waals surface area contributed by atoms with Crippen LogP contribution in [0, 0.1) is 0 Å². The molecule has 0 saturated carbocycles. The first kappa shape index (κ1) is 19.0. The number of hydrogen-bond donors (Lipinski definition) is 1. The smallest absolute Gasteiger partial charge is 0.344 e. The summed E-state index contributed by atoms with van der Waals surface area (Å²) >= 11 is 0. The molecule has 0 unspecified atom stereocenters. The van der Waals surface area contributed by atoms with Crippen molar-refractivity contribution in [3.8, 4) is 5.75 Å². The van der Waals surface area contributed by atoms with Crippen LogP contribution >= 0.6 is 0 Å². The van der Waals surface area contributed by atoms with Crippen molar-refractivity contribution in [3.63, 3.8) is 0 Å². The second-order valence-electron chi connectivity index (χ2n) is 5.43. The van der Waals surface area contributed by atoms with E-state index in [1.165, 1.54) is 12.5 Å². The van der Waals surface area contributed by atoms with Crippen LogP contribution in [0.1, 0.15) is 32.3 Å². The van der Waals surface area contributed by atoms with E-state index in [-0.39, 0.29) is 12.5 Å². The Morgan fingerprint density at radius 1 is 1.13 bits per heavy atom. The van der Waals surface area contributed by atoms with Crippen LogP contribution in [-0.4, -0.2) is 44.8 Å².